The van der Waals surface area contributed by atoms with Crippen LogP contribution >= 0.6 is 22.0 Å². The van der Waals surface area contributed by atoms with Crippen molar-refractivity contribution in [2.75, 3.05) is 0 Å². The molecule has 0 radical (unpaired) electrons. The van der Waals surface area contributed by atoms with Crippen molar-refractivity contribution in [2.45, 2.75) is 0 Å². The first-order valence-corrected chi connectivity index (χ1v) is 5.91. The molecule has 8 nitrogen and oxygen atoms in total. The van der Waals surface area contributed by atoms with Crippen molar-refractivity contribution in [3.8, 4) is 0 Å². The zero-order valence-corrected chi connectivity index (χ0v) is 9.72. The molecule has 0 atom stereocenters. The van der Waals surface area contributed by atoms with Gasteiger partial charge < -0.3 is 5.11 Å². The lowest BCUT2D eigenvalue weighted by Gasteiger charge is -1.88. The van der Waals surface area contributed by atoms with E-state index in [1.54, 1.807) is 30.3 Å². The van der Waals surface area contributed by atoms with Crippen LogP contribution in [0.15, 0.2) is 30.3 Å². The number of carboxylic acid groups (broad SMARTS) is 1. The minimum atomic E-state index is -0.879. The number of carbonyl (C=O) groups is 1. The van der Waals surface area contributed by atoms with Crippen LogP contribution in [0.4, 0.5) is 0 Å². The minimum absolute atomic E-state index is 0.0208. The fourth-order valence-corrected chi connectivity index (χ4v) is 1.07. The normalized spacial score (nSPS) is 8.71. The Kier molecular flexibility index (Phi) is 7.46. The van der Waals surface area contributed by atoms with E-state index in [2.05, 4.69) is 0 Å². The number of benzene rings is 1. The first-order chi connectivity index (χ1) is 7.93. The molecule has 1 aromatic carbocycles. The Morgan fingerprint density at radius 2 is 1.47 bits per heavy atom. The average Bonchev–Trinajstić information content (AvgIpc) is 2.28. The number of hydrogen-bond acceptors (Lipinski definition) is 7. The third-order valence-electron chi connectivity index (χ3n) is 1.18. The fraction of sp³-hybridized carbons (Fsp3) is 0. The van der Waals surface area contributed by atoms with E-state index in [1.807, 2.05) is 0 Å². The Bertz CT molecular complexity index is 385. The molecule has 1 aromatic rings. The van der Waals surface area contributed by atoms with Crippen LogP contribution in [0.5, 0.6) is 0 Å². The smallest absolute Gasteiger partial charge is 0.380 e. The molecule has 0 amide bonds. The molecular weight excluding hydrogens is 272 g/mol. The maximum atomic E-state index is 10.2. The quantitative estimate of drug-likeness (QED) is 0.384. The molecule has 0 fully saturated rings. The summed E-state index contributed by atoms with van der Waals surface area (Å²) in [7, 11) is -0.0417. The summed E-state index contributed by atoms with van der Waals surface area (Å²) in [6.07, 6.45) is 0. The van der Waals surface area contributed by atoms with E-state index in [0.717, 1.165) is 0 Å². The van der Waals surface area contributed by atoms with Gasteiger partial charge in [-0.05, 0) is 12.1 Å². The van der Waals surface area contributed by atoms with E-state index in [4.69, 9.17) is 5.11 Å². The summed E-state index contributed by atoms with van der Waals surface area (Å²) >= 11 is 0. The van der Waals surface area contributed by atoms with Gasteiger partial charge in [0, 0.05) is 0 Å². The Balaban J connectivity index is 0.000000304. The summed E-state index contributed by atoms with van der Waals surface area (Å²) in [6.45, 7) is 0. The van der Waals surface area contributed by atoms with Crippen LogP contribution in [0, 0.1) is 20.2 Å². The van der Waals surface area contributed by atoms with Crippen LogP contribution in [0.25, 0.3) is 0 Å². The SMILES string of the molecule is O=C(O)c1ccccc1.O=[N+]([O-])SS[N+](=O)[O-]. The van der Waals surface area contributed by atoms with Crippen LogP contribution in [0.2, 0.25) is 0 Å². The van der Waals surface area contributed by atoms with Gasteiger partial charge >= 0.3 is 27.9 Å². The van der Waals surface area contributed by atoms with Crippen molar-refractivity contribution < 1.29 is 18.6 Å². The summed E-state index contributed by atoms with van der Waals surface area (Å²) in [5.74, 6) is -0.879. The first kappa shape index (κ1) is 15.2. The molecular formula is C7H6N2O6S2. The number of rotatable bonds is 4. The van der Waals surface area contributed by atoms with Crippen molar-refractivity contribution in [3.05, 3.63) is 56.1 Å². The molecule has 0 aromatic heterocycles. The van der Waals surface area contributed by atoms with Crippen molar-refractivity contribution in [3.63, 3.8) is 0 Å². The molecule has 0 saturated carbocycles. The highest BCUT2D eigenvalue weighted by atomic mass is 33.1. The lowest BCUT2D eigenvalue weighted by atomic mass is 10.2. The van der Waals surface area contributed by atoms with Gasteiger partial charge in [0.1, 0.15) is 8.66 Å². The number of carboxylic acids is 1. The summed E-state index contributed by atoms with van der Waals surface area (Å²) in [5.41, 5.74) is 0.331. The van der Waals surface area contributed by atoms with Crippen LogP contribution in [-0.4, -0.2) is 19.7 Å². The maximum Gasteiger partial charge on any atom is 0.380 e. The van der Waals surface area contributed by atoms with E-state index >= 15 is 0 Å². The van der Waals surface area contributed by atoms with Crippen LogP contribution in [0.1, 0.15) is 10.4 Å². The molecule has 0 aliphatic rings. The van der Waals surface area contributed by atoms with Gasteiger partial charge in [-0.2, -0.15) is 0 Å². The van der Waals surface area contributed by atoms with Gasteiger partial charge in [-0.1, -0.05) is 18.2 Å². The van der Waals surface area contributed by atoms with Crippen LogP contribution in [0.3, 0.4) is 0 Å². The Hall–Kier alpha value is -1.81. The Morgan fingerprint density at radius 3 is 1.71 bits per heavy atom. The van der Waals surface area contributed by atoms with Crippen molar-refractivity contribution in [2.24, 2.45) is 0 Å². The second-order valence-electron chi connectivity index (χ2n) is 2.27. The molecule has 0 heterocycles. The van der Waals surface area contributed by atoms with Gasteiger partial charge in [-0.3, -0.25) is 0 Å². The highest BCUT2D eigenvalue weighted by Crippen LogP contribution is 2.20. The van der Waals surface area contributed by atoms with E-state index in [9.17, 15) is 25.0 Å². The zero-order chi connectivity index (χ0) is 13.3. The van der Waals surface area contributed by atoms with Crippen molar-refractivity contribution in [1.82, 2.24) is 0 Å². The molecule has 1 N–H and O–H groups in total. The Labute approximate surface area is 103 Å². The number of nitro groups is 2. The summed E-state index contributed by atoms with van der Waals surface area (Å²) in [6, 6.07) is 8.30. The standard InChI is InChI=1S/C7H6O2.N2O4S2/c8-7(9)6-4-2-1-3-5-6;3-1(4)7-8-2(5)6/h1-5H,(H,8,9);. The molecule has 92 valence electrons. The molecule has 0 aliphatic carbocycles. The predicted molar refractivity (Wildman–Crippen MR) is 62.6 cm³/mol. The molecule has 1 rings (SSSR count). The second-order valence-corrected chi connectivity index (χ2v) is 4.06. The third kappa shape index (κ3) is 9.14. The molecule has 0 unspecified atom stereocenters. The van der Waals surface area contributed by atoms with Crippen LogP contribution in [-0.2, 0) is 0 Å². The zero-order valence-electron chi connectivity index (χ0n) is 8.09. The number of nitrogens with zero attached hydrogens (tertiary/aromatic N) is 2. The Morgan fingerprint density at radius 1 is 1.06 bits per heavy atom. The predicted octanol–water partition coefficient (Wildman–Crippen LogP) is 2.14. The average molecular weight is 278 g/mol. The fourth-order valence-electron chi connectivity index (χ4n) is 0.635. The van der Waals surface area contributed by atoms with Crippen molar-refractivity contribution >= 4 is 27.9 Å². The van der Waals surface area contributed by atoms with E-state index in [0.29, 0.717) is 5.56 Å². The molecule has 10 heteroatoms. The molecule has 0 aliphatic heterocycles. The maximum absolute atomic E-state index is 10.2. The third-order valence-corrected chi connectivity index (χ3v) is 2.42. The molecule has 0 bridgehead atoms. The van der Waals surface area contributed by atoms with Crippen molar-refractivity contribution in [1.29, 1.82) is 0 Å². The van der Waals surface area contributed by atoms with E-state index < -0.39 is 14.6 Å². The largest absolute Gasteiger partial charge is 0.478 e. The van der Waals surface area contributed by atoms with Gasteiger partial charge in [0.05, 0.1) is 5.56 Å². The van der Waals surface area contributed by atoms with Gasteiger partial charge in [0.25, 0.3) is 0 Å². The van der Waals surface area contributed by atoms with Gasteiger partial charge in [-0.15, -0.1) is 0 Å². The highest BCUT2D eigenvalue weighted by Gasteiger charge is 2.12. The lowest BCUT2D eigenvalue weighted by Crippen LogP contribution is -1.93. The van der Waals surface area contributed by atoms with Gasteiger partial charge in [-0.25, -0.2) is 25.0 Å². The topological polar surface area (TPSA) is 124 Å². The van der Waals surface area contributed by atoms with E-state index in [-0.39, 0.29) is 22.0 Å². The van der Waals surface area contributed by atoms with Gasteiger partial charge in [0.2, 0.25) is 0 Å². The summed E-state index contributed by atoms with van der Waals surface area (Å²) < 4.78 is -1.68. The highest BCUT2D eigenvalue weighted by molar-refractivity contribution is 8.71. The number of hydrogen-bond donors (Lipinski definition) is 1. The summed E-state index contributed by atoms with van der Waals surface area (Å²) in [5, 5.41) is 27.1. The minimum Gasteiger partial charge on any atom is -0.478 e. The number of aromatic carboxylic acids is 1. The molecule has 0 saturated heterocycles. The van der Waals surface area contributed by atoms with Gasteiger partial charge in [0.15, 0.2) is 0 Å². The van der Waals surface area contributed by atoms with Crippen LogP contribution < -0.4 is 0 Å². The summed E-state index contributed by atoms with van der Waals surface area (Å²) in [4.78, 5) is 28.9. The molecule has 17 heavy (non-hydrogen) atoms. The first-order valence-electron chi connectivity index (χ1n) is 3.85. The van der Waals surface area contributed by atoms with E-state index in [1.165, 1.54) is 0 Å². The lowest BCUT2D eigenvalue weighted by molar-refractivity contribution is -0.294. The monoisotopic (exact) mass is 278 g/mol. The molecule has 0 spiro atoms. The second kappa shape index (κ2) is 8.35.